The van der Waals surface area contributed by atoms with Crippen LogP contribution in [0.25, 0.3) is 0 Å². The summed E-state index contributed by atoms with van der Waals surface area (Å²) in [6.45, 7) is 4.03. The molecular formula is C14H19NO4. The molecule has 0 unspecified atom stereocenters. The third-order valence-corrected chi connectivity index (χ3v) is 2.62. The van der Waals surface area contributed by atoms with E-state index < -0.39 is 5.97 Å². The Morgan fingerprint density at radius 3 is 2.42 bits per heavy atom. The standard InChI is InChI=1S/C14H19NO4/c1-3-10(2)19-12-6-4-11(5-7-12)15-13(16)8-9-14(17)18/h4-7,10H,3,8-9H2,1-2H3,(H,15,16)(H,17,18)/t10-/m1/s1. The molecule has 0 aliphatic heterocycles. The maximum atomic E-state index is 11.4. The molecule has 0 radical (unpaired) electrons. The average molecular weight is 265 g/mol. The number of aliphatic carboxylic acids is 1. The molecule has 0 aromatic heterocycles. The third kappa shape index (κ3) is 5.90. The lowest BCUT2D eigenvalue weighted by Crippen LogP contribution is -2.13. The Hall–Kier alpha value is -2.04. The fourth-order valence-electron chi connectivity index (χ4n) is 1.38. The van der Waals surface area contributed by atoms with Gasteiger partial charge in [0.25, 0.3) is 0 Å². The zero-order valence-electron chi connectivity index (χ0n) is 11.2. The summed E-state index contributed by atoms with van der Waals surface area (Å²) >= 11 is 0. The number of carbonyl (C=O) groups excluding carboxylic acids is 1. The quantitative estimate of drug-likeness (QED) is 0.794. The SMILES string of the molecule is CC[C@@H](C)Oc1ccc(NC(=O)CCC(=O)O)cc1. The summed E-state index contributed by atoms with van der Waals surface area (Å²) in [5.41, 5.74) is 0.631. The lowest BCUT2D eigenvalue weighted by atomic mass is 10.2. The van der Waals surface area contributed by atoms with Gasteiger partial charge in [0, 0.05) is 12.1 Å². The number of anilines is 1. The third-order valence-electron chi connectivity index (χ3n) is 2.62. The van der Waals surface area contributed by atoms with E-state index in [0.717, 1.165) is 12.2 Å². The Balaban J connectivity index is 2.47. The minimum Gasteiger partial charge on any atom is -0.491 e. The predicted octanol–water partition coefficient (Wildman–Crippen LogP) is 2.67. The fourth-order valence-corrected chi connectivity index (χ4v) is 1.38. The molecule has 0 saturated carbocycles. The molecular weight excluding hydrogens is 246 g/mol. The summed E-state index contributed by atoms with van der Waals surface area (Å²) in [5.74, 6) is -0.539. The van der Waals surface area contributed by atoms with E-state index in [0.29, 0.717) is 5.69 Å². The first-order valence-corrected chi connectivity index (χ1v) is 6.29. The van der Waals surface area contributed by atoms with Gasteiger partial charge >= 0.3 is 5.97 Å². The second kappa shape index (κ2) is 7.41. The van der Waals surface area contributed by atoms with Crippen molar-refractivity contribution in [2.75, 3.05) is 5.32 Å². The fraction of sp³-hybridized carbons (Fsp3) is 0.429. The van der Waals surface area contributed by atoms with Crippen molar-refractivity contribution in [2.45, 2.75) is 39.2 Å². The number of benzene rings is 1. The predicted molar refractivity (Wildman–Crippen MR) is 72.3 cm³/mol. The van der Waals surface area contributed by atoms with Crippen LogP contribution < -0.4 is 10.1 Å². The summed E-state index contributed by atoms with van der Waals surface area (Å²) in [7, 11) is 0. The van der Waals surface area contributed by atoms with E-state index in [4.69, 9.17) is 9.84 Å². The number of carboxylic acid groups (broad SMARTS) is 1. The van der Waals surface area contributed by atoms with Crippen LogP contribution in [0.15, 0.2) is 24.3 Å². The van der Waals surface area contributed by atoms with Crippen molar-refractivity contribution in [3.63, 3.8) is 0 Å². The first-order valence-electron chi connectivity index (χ1n) is 6.29. The van der Waals surface area contributed by atoms with Crippen molar-refractivity contribution in [1.82, 2.24) is 0 Å². The summed E-state index contributed by atoms with van der Waals surface area (Å²) < 4.78 is 5.61. The van der Waals surface area contributed by atoms with Gasteiger partial charge in [-0.3, -0.25) is 9.59 Å². The second-order valence-electron chi connectivity index (χ2n) is 4.30. The molecule has 5 heteroatoms. The molecule has 0 aliphatic rings. The maximum absolute atomic E-state index is 11.4. The van der Waals surface area contributed by atoms with Crippen LogP contribution in [-0.4, -0.2) is 23.1 Å². The Morgan fingerprint density at radius 2 is 1.89 bits per heavy atom. The molecule has 1 aromatic rings. The normalized spacial score (nSPS) is 11.7. The summed E-state index contributed by atoms with van der Waals surface area (Å²) in [6, 6.07) is 7.02. The lowest BCUT2D eigenvalue weighted by molar-refractivity contribution is -0.138. The van der Waals surface area contributed by atoms with Gasteiger partial charge in [0.1, 0.15) is 5.75 Å². The number of hydrogen-bond donors (Lipinski definition) is 2. The number of ether oxygens (including phenoxy) is 1. The number of amides is 1. The van der Waals surface area contributed by atoms with Crippen LogP contribution >= 0.6 is 0 Å². The van der Waals surface area contributed by atoms with Gasteiger partial charge in [-0.1, -0.05) is 6.92 Å². The van der Waals surface area contributed by atoms with Gasteiger partial charge in [0.05, 0.1) is 12.5 Å². The highest BCUT2D eigenvalue weighted by atomic mass is 16.5. The Labute approximate surface area is 112 Å². The van der Waals surface area contributed by atoms with E-state index in [2.05, 4.69) is 5.32 Å². The molecule has 0 spiro atoms. The van der Waals surface area contributed by atoms with Crippen LogP contribution in [0.2, 0.25) is 0 Å². The van der Waals surface area contributed by atoms with Crippen LogP contribution in [0.4, 0.5) is 5.69 Å². The number of hydrogen-bond acceptors (Lipinski definition) is 3. The van der Waals surface area contributed by atoms with Gasteiger partial charge < -0.3 is 15.2 Å². The molecule has 0 fully saturated rings. The van der Waals surface area contributed by atoms with Crippen molar-refractivity contribution in [3.05, 3.63) is 24.3 Å². The molecule has 1 aromatic carbocycles. The smallest absolute Gasteiger partial charge is 0.303 e. The Kier molecular flexibility index (Phi) is 5.85. The van der Waals surface area contributed by atoms with Gasteiger partial charge in [-0.05, 0) is 37.6 Å². The lowest BCUT2D eigenvalue weighted by Gasteiger charge is -2.13. The number of carboxylic acids is 1. The molecule has 1 amide bonds. The van der Waals surface area contributed by atoms with E-state index in [9.17, 15) is 9.59 Å². The van der Waals surface area contributed by atoms with E-state index >= 15 is 0 Å². The summed E-state index contributed by atoms with van der Waals surface area (Å²) in [4.78, 5) is 21.8. The summed E-state index contributed by atoms with van der Waals surface area (Å²) in [5, 5.41) is 11.1. The zero-order valence-corrected chi connectivity index (χ0v) is 11.2. The highest BCUT2D eigenvalue weighted by molar-refractivity contribution is 5.92. The van der Waals surface area contributed by atoms with Crippen molar-refractivity contribution in [3.8, 4) is 5.75 Å². The van der Waals surface area contributed by atoms with Crippen molar-refractivity contribution < 1.29 is 19.4 Å². The van der Waals surface area contributed by atoms with Crippen LogP contribution in [0.3, 0.4) is 0 Å². The van der Waals surface area contributed by atoms with Crippen molar-refractivity contribution in [1.29, 1.82) is 0 Å². The molecule has 0 heterocycles. The molecule has 0 aliphatic carbocycles. The van der Waals surface area contributed by atoms with E-state index in [1.54, 1.807) is 24.3 Å². The van der Waals surface area contributed by atoms with Crippen molar-refractivity contribution in [2.24, 2.45) is 0 Å². The van der Waals surface area contributed by atoms with Gasteiger partial charge in [0.15, 0.2) is 0 Å². The van der Waals surface area contributed by atoms with Gasteiger partial charge in [-0.2, -0.15) is 0 Å². The van der Waals surface area contributed by atoms with Gasteiger partial charge in [0.2, 0.25) is 5.91 Å². The topological polar surface area (TPSA) is 75.6 Å². The molecule has 2 N–H and O–H groups in total. The summed E-state index contributed by atoms with van der Waals surface area (Å²) in [6.07, 6.45) is 0.880. The van der Waals surface area contributed by atoms with Crippen LogP contribution in [0.1, 0.15) is 33.1 Å². The molecule has 1 rings (SSSR count). The molecule has 104 valence electrons. The van der Waals surface area contributed by atoms with E-state index in [-0.39, 0.29) is 24.9 Å². The van der Waals surface area contributed by atoms with E-state index in [1.165, 1.54) is 0 Å². The highest BCUT2D eigenvalue weighted by Crippen LogP contribution is 2.17. The zero-order chi connectivity index (χ0) is 14.3. The molecule has 1 atom stereocenters. The van der Waals surface area contributed by atoms with Crippen LogP contribution in [0, 0.1) is 0 Å². The minimum atomic E-state index is -0.979. The first-order chi connectivity index (χ1) is 9.01. The largest absolute Gasteiger partial charge is 0.491 e. The molecule has 0 saturated heterocycles. The number of carbonyl (C=O) groups is 2. The Morgan fingerprint density at radius 1 is 1.26 bits per heavy atom. The average Bonchev–Trinajstić information content (AvgIpc) is 2.38. The first kappa shape index (κ1) is 15.0. The van der Waals surface area contributed by atoms with E-state index in [1.807, 2.05) is 13.8 Å². The van der Waals surface area contributed by atoms with Crippen molar-refractivity contribution >= 4 is 17.6 Å². The van der Waals surface area contributed by atoms with Crippen LogP contribution in [0.5, 0.6) is 5.75 Å². The highest BCUT2D eigenvalue weighted by Gasteiger charge is 2.06. The minimum absolute atomic E-state index is 0.0273. The van der Waals surface area contributed by atoms with Crippen LogP contribution in [-0.2, 0) is 9.59 Å². The molecule has 5 nitrogen and oxygen atoms in total. The Bertz CT molecular complexity index is 428. The monoisotopic (exact) mass is 265 g/mol. The van der Waals surface area contributed by atoms with Gasteiger partial charge in [-0.25, -0.2) is 0 Å². The number of rotatable bonds is 7. The second-order valence-corrected chi connectivity index (χ2v) is 4.30. The number of nitrogens with one attached hydrogen (secondary N) is 1. The maximum Gasteiger partial charge on any atom is 0.303 e. The molecule has 0 bridgehead atoms. The van der Waals surface area contributed by atoms with Gasteiger partial charge in [-0.15, -0.1) is 0 Å². The molecule has 19 heavy (non-hydrogen) atoms.